The highest BCUT2D eigenvalue weighted by Gasteiger charge is 1.87. The Hall–Kier alpha value is -0.0800. The van der Waals surface area contributed by atoms with Crippen LogP contribution in [0.3, 0.4) is 0 Å². The summed E-state index contributed by atoms with van der Waals surface area (Å²) in [5.41, 5.74) is 0. The van der Waals surface area contributed by atoms with Crippen LogP contribution in [0.2, 0.25) is 0 Å². The Balaban J connectivity index is 2.65. The SMILES string of the molecule is CCCCC[CH]OCOC. The highest BCUT2D eigenvalue weighted by molar-refractivity contribution is 4.49. The summed E-state index contributed by atoms with van der Waals surface area (Å²) in [5, 5.41) is 0. The predicted octanol–water partition coefficient (Wildman–Crippen LogP) is 2.35. The molecule has 1 radical (unpaired) electrons. The molecule has 0 atom stereocenters. The van der Waals surface area contributed by atoms with Gasteiger partial charge in [0, 0.05) is 7.11 Å². The van der Waals surface area contributed by atoms with E-state index in [2.05, 4.69) is 6.92 Å². The first kappa shape index (κ1) is 9.92. The number of rotatable bonds is 7. The van der Waals surface area contributed by atoms with Gasteiger partial charge in [-0.15, -0.1) is 0 Å². The molecule has 0 rings (SSSR count). The second-order valence-corrected chi connectivity index (χ2v) is 2.24. The highest BCUT2D eigenvalue weighted by Crippen LogP contribution is 2.01. The maximum Gasteiger partial charge on any atom is 0.146 e. The third-order valence-electron chi connectivity index (χ3n) is 1.23. The molecular formula is C8H17O2. The molecule has 2 heteroatoms. The van der Waals surface area contributed by atoms with Gasteiger partial charge in [0.15, 0.2) is 0 Å². The largest absolute Gasteiger partial charge is 0.359 e. The lowest BCUT2D eigenvalue weighted by atomic mass is 10.2. The van der Waals surface area contributed by atoms with Crippen LogP contribution >= 0.6 is 0 Å². The van der Waals surface area contributed by atoms with Crippen LogP contribution in [0.1, 0.15) is 32.6 Å². The molecule has 0 aliphatic heterocycles. The summed E-state index contributed by atoms with van der Waals surface area (Å²) in [6.07, 6.45) is 4.81. The average Bonchev–Trinajstić information content (AvgIpc) is 1.97. The van der Waals surface area contributed by atoms with E-state index in [1.165, 1.54) is 19.3 Å². The molecule has 10 heavy (non-hydrogen) atoms. The van der Waals surface area contributed by atoms with Crippen molar-refractivity contribution in [1.29, 1.82) is 0 Å². The van der Waals surface area contributed by atoms with Crippen molar-refractivity contribution in [3.8, 4) is 0 Å². The lowest BCUT2D eigenvalue weighted by molar-refractivity contribution is -0.00298. The summed E-state index contributed by atoms with van der Waals surface area (Å²) in [4.78, 5) is 0. The monoisotopic (exact) mass is 145 g/mol. The molecule has 0 fully saturated rings. The molecule has 0 saturated heterocycles. The molecule has 0 saturated carbocycles. The van der Waals surface area contributed by atoms with Crippen molar-refractivity contribution in [2.24, 2.45) is 0 Å². The second kappa shape index (κ2) is 8.92. The van der Waals surface area contributed by atoms with Crippen molar-refractivity contribution in [3.63, 3.8) is 0 Å². The third kappa shape index (κ3) is 7.92. The Labute approximate surface area is 63.5 Å². The van der Waals surface area contributed by atoms with Gasteiger partial charge in [0.1, 0.15) is 6.79 Å². The average molecular weight is 145 g/mol. The zero-order valence-corrected chi connectivity index (χ0v) is 6.93. The second-order valence-electron chi connectivity index (χ2n) is 2.24. The highest BCUT2D eigenvalue weighted by atomic mass is 16.7. The van der Waals surface area contributed by atoms with E-state index in [1.54, 1.807) is 7.11 Å². The molecule has 0 heterocycles. The van der Waals surface area contributed by atoms with E-state index in [-0.39, 0.29) is 0 Å². The third-order valence-corrected chi connectivity index (χ3v) is 1.23. The van der Waals surface area contributed by atoms with Crippen LogP contribution in [0.5, 0.6) is 0 Å². The lowest BCUT2D eigenvalue weighted by Crippen LogP contribution is -1.92. The van der Waals surface area contributed by atoms with Crippen LogP contribution in [-0.2, 0) is 9.47 Å². The fraction of sp³-hybridized carbons (Fsp3) is 0.875. The minimum Gasteiger partial charge on any atom is -0.359 e. The molecule has 61 valence electrons. The molecule has 0 aliphatic carbocycles. The number of methoxy groups -OCH3 is 1. The predicted molar refractivity (Wildman–Crippen MR) is 41.4 cm³/mol. The van der Waals surface area contributed by atoms with Gasteiger partial charge >= 0.3 is 0 Å². The molecule has 0 aliphatic rings. The number of unbranched alkanes of at least 4 members (excludes halogenated alkanes) is 3. The molecule has 0 amide bonds. The van der Waals surface area contributed by atoms with Gasteiger partial charge < -0.3 is 9.47 Å². The molecular weight excluding hydrogens is 128 g/mol. The maximum absolute atomic E-state index is 4.98. The standard InChI is InChI=1S/C8H17O2/c1-3-4-5-6-7-10-8-9-2/h7H,3-6,8H2,1-2H3. The summed E-state index contributed by atoms with van der Waals surface area (Å²) in [5.74, 6) is 0. The van der Waals surface area contributed by atoms with Gasteiger partial charge in [0.05, 0.1) is 6.61 Å². The van der Waals surface area contributed by atoms with E-state index in [1.807, 2.05) is 6.61 Å². The first-order chi connectivity index (χ1) is 4.91. The summed E-state index contributed by atoms with van der Waals surface area (Å²) in [7, 11) is 1.62. The number of hydrogen-bond acceptors (Lipinski definition) is 2. The van der Waals surface area contributed by atoms with Crippen molar-refractivity contribution < 1.29 is 9.47 Å². The number of hydrogen-bond donors (Lipinski definition) is 0. The summed E-state index contributed by atoms with van der Waals surface area (Å²) >= 11 is 0. The Morgan fingerprint density at radius 2 is 2.10 bits per heavy atom. The van der Waals surface area contributed by atoms with E-state index >= 15 is 0 Å². The zero-order valence-electron chi connectivity index (χ0n) is 6.93. The van der Waals surface area contributed by atoms with Gasteiger partial charge in [-0.1, -0.05) is 26.2 Å². The summed E-state index contributed by atoms with van der Waals surface area (Å²) in [6.45, 7) is 4.39. The lowest BCUT2D eigenvalue weighted by Gasteiger charge is -1.99. The Kier molecular flexibility index (Phi) is 8.85. The van der Waals surface area contributed by atoms with Gasteiger partial charge in [-0.05, 0) is 6.42 Å². The first-order valence-electron chi connectivity index (χ1n) is 3.84. The fourth-order valence-corrected chi connectivity index (χ4v) is 0.677. The van der Waals surface area contributed by atoms with Gasteiger partial charge in [0.25, 0.3) is 0 Å². The molecule has 0 aromatic heterocycles. The van der Waals surface area contributed by atoms with Crippen molar-refractivity contribution in [2.75, 3.05) is 13.9 Å². The van der Waals surface area contributed by atoms with Crippen LogP contribution in [0.4, 0.5) is 0 Å². The number of ether oxygens (including phenoxy) is 2. The Morgan fingerprint density at radius 1 is 1.30 bits per heavy atom. The maximum atomic E-state index is 4.98. The summed E-state index contributed by atoms with van der Waals surface area (Å²) < 4.78 is 9.68. The van der Waals surface area contributed by atoms with Crippen LogP contribution in [0, 0.1) is 6.61 Å². The first-order valence-corrected chi connectivity index (χ1v) is 3.84. The van der Waals surface area contributed by atoms with Gasteiger partial charge in [-0.25, -0.2) is 0 Å². The van der Waals surface area contributed by atoms with Crippen LogP contribution < -0.4 is 0 Å². The smallest absolute Gasteiger partial charge is 0.146 e. The molecule has 2 nitrogen and oxygen atoms in total. The van der Waals surface area contributed by atoms with Gasteiger partial charge in [-0.3, -0.25) is 0 Å². The normalized spacial score (nSPS) is 10.2. The fourth-order valence-electron chi connectivity index (χ4n) is 0.677. The molecule has 0 aromatic rings. The van der Waals surface area contributed by atoms with Crippen molar-refractivity contribution >= 4 is 0 Å². The van der Waals surface area contributed by atoms with E-state index in [0.29, 0.717) is 6.79 Å². The topological polar surface area (TPSA) is 18.5 Å². The zero-order chi connectivity index (χ0) is 7.66. The molecule has 0 N–H and O–H groups in total. The van der Waals surface area contributed by atoms with E-state index in [4.69, 9.17) is 9.47 Å². The molecule has 0 spiro atoms. The summed E-state index contributed by atoms with van der Waals surface area (Å²) in [6, 6.07) is 0. The Bertz CT molecular complexity index is 47.2. The molecule has 0 bridgehead atoms. The van der Waals surface area contributed by atoms with E-state index in [0.717, 1.165) is 6.42 Å². The van der Waals surface area contributed by atoms with Gasteiger partial charge in [-0.2, -0.15) is 0 Å². The Morgan fingerprint density at radius 3 is 2.70 bits per heavy atom. The van der Waals surface area contributed by atoms with Crippen molar-refractivity contribution in [2.45, 2.75) is 32.6 Å². The van der Waals surface area contributed by atoms with Gasteiger partial charge in [0.2, 0.25) is 0 Å². The van der Waals surface area contributed by atoms with Crippen LogP contribution in [-0.4, -0.2) is 13.9 Å². The van der Waals surface area contributed by atoms with Crippen LogP contribution in [0.15, 0.2) is 0 Å². The molecule has 0 unspecified atom stereocenters. The quantitative estimate of drug-likeness (QED) is 0.404. The van der Waals surface area contributed by atoms with Crippen molar-refractivity contribution in [3.05, 3.63) is 6.61 Å². The van der Waals surface area contributed by atoms with Crippen LogP contribution in [0.25, 0.3) is 0 Å². The minimum atomic E-state index is 0.381. The molecule has 0 aromatic carbocycles. The van der Waals surface area contributed by atoms with Crippen molar-refractivity contribution in [1.82, 2.24) is 0 Å². The van der Waals surface area contributed by atoms with E-state index in [9.17, 15) is 0 Å². The van der Waals surface area contributed by atoms with E-state index < -0.39 is 0 Å². The minimum absolute atomic E-state index is 0.381.